The Morgan fingerprint density at radius 2 is 2.35 bits per heavy atom. The molecule has 0 fully saturated rings. The van der Waals surface area contributed by atoms with Gasteiger partial charge in [0, 0.05) is 6.20 Å². The third kappa shape index (κ3) is 3.41. The van der Waals surface area contributed by atoms with Crippen LogP contribution in [0.2, 0.25) is 0 Å². The van der Waals surface area contributed by atoms with Gasteiger partial charge >= 0.3 is 5.97 Å². The monoisotopic (exact) mass is 273 g/mol. The summed E-state index contributed by atoms with van der Waals surface area (Å²) in [5.74, 6) is 0.0582. The number of nitrogens with zero attached hydrogens (tertiary/aromatic N) is 3. The first-order valence-corrected chi connectivity index (χ1v) is 6.13. The van der Waals surface area contributed by atoms with Crippen LogP contribution in [0.4, 0.5) is 11.5 Å². The van der Waals surface area contributed by atoms with E-state index in [9.17, 15) is 4.79 Å². The highest BCUT2D eigenvalue weighted by atomic mass is 16.5. The van der Waals surface area contributed by atoms with Crippen molar-refractivity contribution in [2.24, 2.45) is 0 Å². The molecule has 2 rings (SSSR count). The largest absolute Gasteiger partial charge is 0.462 e. The number of aromatic nitrogens is 3. The van der Waals surface area contributed by atoms with Gasteiger partial charge in [-0.15, -0.1) is 0 Å². The van der Waals surface area contributed by atoms with Gasteiger partial charge in [0.2, 0.25) is 0 Å². The average molecular weight is 273 g/mol. The zero-order valence-corrected chi connectivity index (χ0v) is 11.0. The maximum atomic E-state index is 11.7. The number of carbonyl (C=O) groups is 1. The second-order valence-electron chi connectivity index (χ2n) is 3.95. The molecule has 3 N–H and O–H groups in total. The van der Waals surface area contributed by atoms with E-state index in [0.717, 1.165) is 5.69 Å². The first-order valence-electron chi connectivity index (χ1n) is 6.13. The number of anilines is 2. The Hall–Kier alpha value is -2.70. The van der Waals surface area contributed by atoms with Crippen LogP contribution in [0.5, 0.6) is 0 Å². The lowest BCUT2D eigenvalue weighted by Crippen LogP contribution is -2.10. The first kappa shape index (κ1) is 13.7. The van der Waals surface area contributed by atoms with Crippen molar-refractivity contribution in [3.63, 3.8) is 0 Å². The zero-order valence-electron chi connectivity index (χ0n) is 11.0. The molecule has 0 spiro atoms. The minimum atomic E-state index is -0.463. The van der Waals surface area contributed by atoms with Gasteiger partial charge in [-0.3, -0.25) is 0 Å². The van der Waals surface area contributed by atoms with Gasteiger partial charge in [-0.1, -0.05) is 0 Å². The van der Waals surface area contributed by atoms with Crippen molar-refractivity contribution in [2.75, 3.05) is 17.7 Å². The van der Waals surface area contributed by atoms with E-state index in [1.54, 1.807) is 25.3 Å². The molecule has 0 radical (unpaired) electrons. The van der Waals surface area contributed by atoms with Crippen molar-refractivity contribution in [1.29, 1.82) is 0 Å². The van der Waals surface area contributed by atoms with Gasteiger partial charge in [-0.25, -0.2) is 9.78 Å². The molecule has 20 heavy (non-hydrogen) atoms. The van der Waals surface area contributed by atoms with Gasteiger partial charge in [0.15, 0.2) is 0 Å². The molecule has 0 aliphatic heterocycles. The van der Waals surface area contributed by atoms with Crippen LogP contribution in [0.15, 0.2) is 30.6 Å². The standard InChI is InChI=1S/C13H15N5O2/c1-2-20-13(19)10-6-12(16-8-11(10)14)15-7-9-4-3-5-17-18-9/h3-6,8H,2,7,14H2,1H3,(H,15,16). The number of ether oxygens (including phenoxy) is 1. The quantitative estimate of drug-likeness (QED) is 0.790. The van der Waals surface area contributed by atoms with E-state index < -0.39 is 5.97 Å². The zero-order chi connectivity index (χ0) is 14.4. The molecule has 7 heteroatoms. The van der Waals surface area contributed by atoms with E-state index in [2.05, 4.69) is 20.5 Å². The minimum Gasteiger partial charge on any atom is -0.462 e. The predicted molar refractivity (Wildman–Crippen MR) is 74.0 cm³/mol. The molecule has 0 saturated carbocycles. The Bertz CT molecular complexity index is 589. The second-order valence-corrected chi connectivity index (χ2v) is 3.95. The number of pyridine rings is 1. The van der Waals surface area contributed by atoms with E-state index in [0.29, 0.717) is 24.5 Å². The van der Waals surface area contributed by atoms with Crippen molar-refractivity contribution in [1.82, 2.24) is 15.2 Å². The molecule has 0 aromatic carbocycles. The summed E-state index contributed by atoms with van der Waals surface area (Å²) in [5, 5.41) is 10.8. The number of hydrogen-bond donors (Lipinski definition) is 2. The molecule has 0 bridgehead atoms. The van der Waals surface area contributed by atoms with Crippen LogP contribution in [0, 0.1) is 0 Å². The molecular weight excluding hydrogens is 258 g/mol. The Morgan fingerprint density at radius 3 is 3.05 bits per heavy atom. The maximum absolute atomic E-state index is 11.7. The van der Waals surface area contributed by atoms with Gasteiger partial charge in [0.1, 0.15) is 5.82 Å². The molecule has 104 valence electrons. The molecule has 0 aliphatic rings. The first-order chi connectivity index (χ1) is 9.70. The molecule has 0 unspecified atom stereocenters. The van der Waals surface area contributed by atoms with E-state index in [-0.39, 0.29) is 5.69 Å². The van der Waals surface area contributed by atoms with Crippen molar-refractivity contribution in [3.05, 3.63) is 41.9 Å². The lowest BCUT2D eigenvalue weighted by Gasteiger charge is -2.08. The lowest BCUT2D eigenvalue weighted by molar-refractivity contribution is 0.0527. The van der Waals surface area contributed by atoms with Gasteiger partial charge in [0.05, 0.1) is 36.3 Å². The molecular formula is C13H15N5O2. The Balaban J connectivity index is 2.09. The summed E-state index contributed by atoms with van der Waals surface area (Å²) in [4.78, 5) is 15.8. The van der Waals surface area contributed by atoms with Crippen LogP contribution in [0.25, 0.3) is 0 Å². The van der Waals surface area contributed by atoms with Crippen molar-refractivity contribution >= 4 is 17.5 Å². The van der Waals surface area contributed by atoms with Gasteiger partial charge < -0.3 is 15.8 Å². The van der Waals surface area contributed by atoms with E-state index in [1.807, 2.05) is 6.07 Å². The molecule has 2 aromatic rings. The summed E-state index contributed by atoms with van der Waals surface area (Å²) < 4.78 is 4.93. The summed E-state index contributed by atoms with van der Waals surface area (Å²) in [5.41, 5.74) is 7.06. The lowest BCUT2D eigenvalue weighted by atomic mass is 10.2. The fourth-order valence-electron chi connectivity index (χ4n) is 1.56. The molecule has 0 atom stereocenters. The highest BCUT2D eigenvalue weighted by Crippen LogP contribution is 2.16. The van der Waals surface area contributed by atoms with Crippen molar-refractivity contribution in [3.8, 4) is 0 Å². The van der Waals surface area contributed by atoms with E-state index in [1.165, 1.54) is 6.20 Å². The van der Waals surface area contributed by atoms with E-state index in [4.69, 9.17) is 10.5 Å². The molecule has 2 heterocycles. The van der Waals surface area contributed by atoms with Gasteiger partial charge in [-0.2, -0.15) is 10.2 Å². The topological polar surface area (TPSA) is 103 Å². The highest BCUT2D eigenvalue weighted by molar-refractivity contribution is 5.95. The average Bonchev–Trinajstić information content (AvgIpc) is 2.47. The van der Waals surface area contributed by atoms with Crippen LogP contribution >= 0.6 is 0 Å². The van der Waals surface area contributed by atoms with Gasteiger partial charge in [0.25, 0.3) is 0 Å². The summed E-state index contributed by atoms with van der Waals surface area (Å²) in [7, 11) is 0. The number of rotatable bonds is 5. The number of carbonyl (C=O) groups excluding carboxylic acids is 1. The van der Waals surface area contributed by atoms with E-state index >= 15 is 0 Å². The van der Waals surface area contributed by atoms with Gasteiger partial charge in [-0.05, 0) is 25.1 Å². The van der Waals surface area contributed by atoms with Crippen LogP contribution < -0.4 is 11.1 Å². The third-order valence-electron chi connectivity index (χ3n) is 2.51. The fraction of sp³-hybridized carbons (Fsp3) is 0.231. The van der Waals surface area contributed by atoms with Crippen LogP contribution in [0.1, 0.15) is 23.0 Å². The highest BCUT2D eigenvalue weighted by Gasteiger charge is 2.12. The summed E-state index contributed by atoms with van der Waals surface area (Å²) in [6.45, 7) is 2.48. The predicted octanol–water partition coefficient (Wildman–Crippen LogP) is 1.24. The van der Waals surface area contributed by atoms with Crippen molar-refractivity contribution < 1.29 is 9.53 Å². The fourth-order valence-corrected chi connectivity index (χ4v) is 1.56. The van der Waals surface area contributed by atoms with Crippen molar-refractivity contribution in [2.45, 2.75) is 13.5 Å². The Kier molecular flexibility index (Phi) is 4.43. The molecule has 2 aromatic heterocycles. The number of nitrogens with one attached hydrogen (secondary N) is 1. The smallest absolute Gasteiger partial charge is 0.340 e. The SMILES string of the molecule is CCOC(=O)c1cc(NCc2cccnn2)ncc1N. The number of nitrogens with two attached hydrogens (primary N) is 1. The normalized spacial score (nSPS) is 10.1. The minimum absolute atomic E-state index is 0.286. The Labute approximate surface area is 116 Å². The number of nitrogen functional groups attached to an aromatic ring is 1. The molecule has 7 nitrogen and oxygen atoms in total. The number of esters is 1. The summed E-state index contributed by atoms with van der Waals surface area (Å²) >= 11 is 0. The maximum Gasteiger partial charge on any atom is 0.340 e. The third-order valence-corrected chi connectivity index (χ3v) is 2.51. The molecule has 0 saturated heterocycles. The Morgan fingerprint density at radius 1 is 1.50 bits per heavy atom. The molecule has 0 aliphatic carbocycles. The molecule has 0 amide bonds. The summed E-state index contributed by atoms with van der Waals surface area (Å²) in [6, 6.07) is 5.19. The number of hydrogen-bond acceptors (Lipinski definition) is 7. The van der Waals surface area contributed by atoms with Crippen LogP contribution in [0.3, 0.4) is 0 Å². The summed E-state index contributed by atoms with van der Waals surface area (Å²) in [6.07, 6.45) is 3.02. The second kappa shape index (κ2) is 6.46. The van der Waals surface area contributed by atoms with Crippen LogP contribution in [-0.4, -0.2) is 27.8 Å². The van der Waals surface area contributed by atoms with Crippen LogP contribution in [-0.2, 0) is 11.3 Å².